The van der Waals surface area contributed by atoms with Crippen molar-refractivity contribution in [1.29, 1.82) is 0 Å². The molecule has 6 nitrogen and oxygen atoms in total. The summed E-state index contributed by atoms with van der Waals surface area (Å²) < 4.78 is 5.24. The van der Waals surface area contributed by atoms with Gasteiger partial charge in [0.15, 0.2) is 0 Å². The fraction of sp³-hybridized carbons (Fsp3) is 0.846. The smallest absolute Gasteiger partial charge is 0.317 e. The summed E-state index contributed by atoms with van der Waals surface area (Å²) in [6.45, 7) is 8.02. The van der Waals surface area contributed by atoms with Crippen molar-refractivity contribution in [3.8, 4) is 0 Å². The van der Waals surface area contributed by atoms with Crippen LogP contribution in [0.5, 0.6) is 0 Å². The fourth-order valence-corrected chi connectivity index (χ4v) is 1.83. The maximum Gasteiger partial charge on any atom is 0.317 e. The number of nitrogens with zero attached hydrogens (tertiary/aromatic N) is 1. The average Bonchev–Trinajstić information content (AvgIpc) is 2.36. The van der Waals surface area contributed by atoms with Gasteiger partial charge in [0.25, 0.3) is 0 Å². The molecule has 1 aliphatic heterocycles. The van der Waals surface area contributed by atoms with E-state index in [4.69, 9.17) is 9.84 Å². The lowest BCUT2D eigenvalue weighted by atomic mass is 9.90. The third-order valence-electron chi connectivity index (χ3n) is 3.57. The maximum absolute atomic E-state index is 12.1. The molecule has 1 atom stereocenters. The number of hydrogen-bond acceptors (Lipinski definition) is 3. The van der Waals surface area contributed by atoms with Crippen molar-refractivity contribution in [2.24, 2.45) is 5.41 Å². The van der Waals surface area contributed by atoms with Gasteiger partial charge in [-0.1, -0.05) is 20.8 Å². The van der Waals surface area contributed by atoms with E-state index in [1.165, 1.54) is 0 Å². The van der Waals surface area contributed by atoms with Crippen molar-refractivity contribution in [3.63, 3.8) is 0 Å². The van der Waals surface area contributed by atoms with Crippen LogP contribution in [-0.2, 0) is 9.53 Å². The van der Waals surface area contributed by atoms with E-state index >= 15 is 0 Å². The molecule has 0 aliphatic carbocycles. The normalized spacial score (nSPS) is 20.2. The Bertz CT molecular complexity index is 331. The second-order valence-electron chi connectivity index (χ2n) is 5.70. The van der Waals surface area contributed by atoms with Crippen molar-refractivity contribution < 1.29 is 19.4 Å². The predicted octanol–water partition coefficient (Wildman–Crippen LogP) is 1.31. The number of morpholine rings is 1. The summed E-state index contributed by atoms with van der Waals surface area (Å²) in [6, 6.07) is -0.577. The zero-order valence-corrected chi connectivity index (χ0v) is 11.9. The van der Waals surface area contributed by atoms with Crippen LogP contribution in [0.15, 0.2) is 0 Å². The van der Waals surface area contributed by atoms with Crippen molar-refractivity contribution in [2.45, 2.75) is 39.7 Å². The fourth-order valence-electron chi connectivity index (χ4n) is 1.83. The van der Waals surface area contributed by atoms with Crippen LogP contribution < -0.4 is 5.32 Å². The van der Waals surface area contributed by atoms with Gasteiger partial charge in [-0.3, -0.25) is 4.79 Å². The number of carboxylic acids is 1. The van der Waals surface area contributed by atoms with Crippen LogP contribution in [0.1, 0.15) is 33.6 Å². The molecule has 0 saturated carbocycles. The highest BCUT2D eigenvalue weighted by Crippen LogP contribution is 2.18. The molecule has 0 bridgehead atoms. The summed E-state index contributed by atoms with van der Waals surface area (Å²) in [5.41, 5.74) is 0.0459. The first-order valence-corrected chi connectivity index (χ1v) is 6.70. The summed E-state index contributed by atoms with van der Waals surface area (Å²) in [7, 11) is 0. The maximum atomic E-state index is 12.1. The Morgan fingerprint density at radius 1 is 1.47 bits per heavy atom. The van der Waals surface area contributed by atoms with Crippen molar-refractivity contribution in [3.05, 3.63) is 0 Å². The van der Waals surface area contributed by atoms with Crippen LogP contribution in [0, 0.1) is 5.41 Å². The summed E-state index contributed by atoms with van der Waals surface area (Å²) in [5, 5.41) is 11.7. The van der Waals surface area contributed by atoms with Crippen molar-refractivity contribution in [1.82, 2.24) is 10.2 Å². The first-order valence-electron chi connectivity index (χ1n) is 6.70. The SMILES string of the molecule is CCC(C)(C)CNC(=O)N1CCOCC1CC(=O)O. The summed E-state index contributed by atoms with van der Waals surface area (Å²) in [5.74, 6) is -0.915. The molecule has 2 N–H and O–H groups in total. The molecule has 0 radical (unpaired) electrons. The minimum Gasteiger partial charge on any atom is -0.481 e. The molecule has 1 aliphatic rings. The highest BCUT2D eigenvalue weighted by atomic mass is 16.5. The lowest BCUT2D eigenvalue weighted by molar-refractivity contribution is -0.139. The molecule has 1 rings (SSSR count). The summed E-state index contributed by atoms with van der Waals surface area (Å²) >= 11 is 0. The van der Waals surface area contributed by atoms with Gasteiger partial charge in [-0.2, -0.15) is 0 Å². The van der Waals surface area contributed by atoms with Crippen LogP contribution in [0.3, 0.4) is 0 Å². The molecular formula is C13H24N2O4. The van der Waals surface area contributed by atoms with Gasteiger partial charge in [-0.25, -0.2) is 4.79 Å². The number of carbonyl (C=O) groups is 2. The number of carbonyl (C=O) groups excluding carboxylic acids is 1. The number of rotatable bonds is 5. The van der Waals surface area contributed by atoms with Crippen LogP contribution >= 0.6 is 0 Å². The topological polar surface area (TPSA) is 78.9 Å². The van der Waals surface area contributed by atoms with Gasteiger partial charge in [-0.15, -0.1) is 0 Å². The number of amides is 2. The lowest BCUT2D eigenvalue weighted by Crippen LogP contribution is -2.54. The van der Waals surface area contributed by atoms with E-state index in [1.807, 2.05) is 0 Å². The number of nitrogens with one attached hydrogen (secondary N) is 1. The molecule has 2 amide bonds. The monoisotopic (exact) mass is 272 g/mol. The van der Waals surface area contributed by atoms with Gasteiger partial charge in [0, 0.05) is 13.1 Å². The molecule has 0 spiro atoms. The molecule has 0 aromatic rings. The van der Waals surface area contributed by atoms with Crippen LogP contribution in [0.4, 0.5) is 4.79 Å². The molecule has 0 aromatic heterocycles. The average molecular weight is 272 g/mol. The number of ether oxygens (including phenoxy) is 1. The van der Waals surface area contributed by atoms with Crippen molar-refractivity contribution >= 4 is 12.0 Å². The number of urea groups is 1. The van der Waals surface area contributed by atoms with Crippen LogP contribution in [0.2, 0.25) is 0 Å². The molecule has 1 fully saturated rings. The zero-order valence-electron chi connectivity index (χ0n) is 11.9. The molecule has 1 heterocycles. The lowest BCUT2D eigenvalue weighted by Gasteiger charge is -2.35. The molecule has 0 aromatic carbocycles. The zero-order chi connectivity index (χ0) is 14.5. The Kier molecular flexibility index (Phi) is 5.60. The number of aliphatic carboxylic acids is 1. The molecule has 19 heavy (non-hydrogen) atoms. The van der Waals surface area contributed by atoms with Gasteiger partial charge in [0.1, 0.15) is 0 Å². The highest BCUT2D eigenvalue weighted by molar-refractivity contribution is 5.76. The Morgan fingerprint density at radius 2 is 2.16 bits per heavy atom. The second kappa shape index (κ2) is 6.75. The van der Waals surface area contributed by atoms with Gasteiger partial charge >= 0.3 is 12.0 Å². The third kappa shape index (κ3) is 5.06. The minimum absolute atomic E-state index is 0.0459. The summed E-state index contributed by atoms with van der Waals surface area (Å²) in [6.07, 6.45) is 0.888. The number of carboxylic acid groups (broad SMARTS) is 1. The Morgan fingerprint density at radius 3 is 2.74 bits per heavy atom. The quantitative estimate of drug-likeness (QED) is 0.791. The Hall–Kier alpha value is -1.30. The molecule has 1 saturated heterocycles. The molecule has 110 valence electrons. The largest absolute Gasteiger partial charge is 0.481 e. The van der Waals surface area contributed by atoms with Gasteiger partial charge in [0.2, 0.25) is 0 Å². The van der Waals surface area contributed by atoms with Gasteiger partial charge in [0.05, 0.1) is 25.7 Å². The number of hydrogen-bond donors (Lipinski definition) is 2. The standard InChI is InChI=1S/C13H24N2O4/c1-4-13(2,3)9-14-12(18)15-5-6-19-8-10(15)7-11(16)17/h10H,4-9H2,1-3H3,(H,14,18)(H,16,17). The van der Waals surface area contributed by atoms with E-state index in [-0.39, 0.29) is 30.5 Å². The van der Waals surface area contributed by atoms with E-state index in [1.54, 1.807) is 4.90 Å². The third-order valence-corrected chi connectivity index (χ3v) is 3.57. The highest BCUT2D eigenvalue weighted by Gasteiger charge is 2.29. The van der Waals surface area contributed by atoms with E-state index in [9.17, 15) is 9.59 Å². The minimum atomic E-state index is -0.915. The Balaban J connectivity index is 2.54. The van der Waals surface area contributed by atoms with E-state index < -0.39 is 5.97 Å². The molecule has 6 heteroatoms. The van der Waals surface area contributed by atoms with Gasteiger partial charge < -0.3 is 20.1 Å². The Labute approximate surface area is 114 Å². The first kappa shape index (κ1) is 15.8. The molecular weight excluding hydrogens is 248 g/mol. The van der Waals surface area contributed by atoms with Gasteiger partial charge in [-0.05, 0) is 11.8 Å². The summed E-state index contributed by atoms with van der Waals surface area (Å²) in [4.78, 5) is 24.5. The second-order valence-corrected chi connectivity index (χ2v) is 5.70. The van der Waals surface area contributed by atoms with E-state index in [0.29, 0.717) is 19.7 Å². The van der Waals surface area contributed by atoms with Crippen LogP contribution in [-0.4, -0.2) is 54.4 Å². The van der Waals surface area contributed by atoms with Crippen LogP contribution in [0.25, 0.3) is 0 Å². The molecule has 1 unspecified atom stereocenters. The van der Waals surface area contributed by atoms with E-state index in [2.05, 4.69) is 26.1 Å². The van der Waals surface area contributed by atoms with Crippen molar-refractivity contribution in [2.75, 3.05) is 26.3 Å². The van der Waals surface area contributed by atoms with E-state index in [0.717, 1.165) is 6.42 Å². The first-order chi connectivity index (χ1) is 8.85. The predicted molar refractivity (Wildman–Crippen MR) is 71.0 cm³/mol.